The van der Waals surface area contributed by atoms with Crippen LogP contribution in [0.4, 0.5) is 0 Å². The smallest absolute Gasteiger partial charge is 0.263 e. The Hall–Kier alpha value is -0.870. The molecular weight excluding hydrogens is 232 g/mol. The molecule has 17 heavy (non-hydrogen) atoms. The first-order chi connectivity index (χ1) is 7.76. The van der Waals surface area contributed by atoms with Crippen molar-refractivity contribution in [3.05, 3.63) is 21.4 Å². The fourth-order valence-corrected chi connectivity index (χ4v) is 2.67. The van der Waals surface area contributed by atoms with Crippen LogP contribution in [0.1, 0.15) is 34.0 Å². The summed E-state index contributed by atoms with van der Waals surface area (Å²) in [5.74, 6) is 0.0905. The van der Waals surface area contributed by atoms with E-state index < -0.39 is 0 Å². The second-order valence-electron chi connectivity index (χ2n) is 5.38. The summed E-state index contributed by atoms with van der Waals surface area (Å²) in [6, 6.07) is 1.97. The van der Waals surface area contributed by atoms with Gasteiger partial charge in [-0.15, -0.1) is 11.3 Å². The molecule has 1 aromatic heterocycles. The Morgan fingerprint density at radius 1 is 1.47 bits per heavy atom. The zero-order chi connectivity index (χ0) is 13.2. The van der Waals surface area contributed by atoms with E-state index in [0.29, 0.717) is 13.1 Å². The number of hydrogen-bond acceptors (Lipinski definition) is 3. The van der Waals surface area contributed by atoms with Crippen molar-refractivity contribution >= 4 is 17.2 Å². The second kappa shape index (κ2) is 5.19. The lowest BCUT2D eigenvalue weighted by Gasteiger charge is -2.28. The van der Waals surface area contributed by atoms with Crippen molar-refractivity contribution in [3.8, 4) is 0 Å². The molecule has 1 amide bonds. The molecule has 96 valence electrons. The Morgan fingerprint density at radius 2 is 2.06 bits per heavy atom. The Kier molecular flexibility index (Phi) is 4.33. The number of hydrogen-bond donors (Lipinski definition) is 1. The Labute approximate surface area is 108 Å². The molecule has 0 radical (unpaired) electrons. The highest BCUT2D eigenvalue weighted by molar-refractivity contribution is 7.14. The molecule has 1 aromatic rings. The molecule has 2 N–H and O–H groups in total. The second-order valence-corrected chi connectivity index (χ2v) is 6.64. The van der Waals surface area contributed by atoms with Crippen LogP contribution in [0.2, 0.25) is 0 Å². The van der Waals surface area contributed by atoms with Gasteiger partial charge < -0.3 is 10.6 Å². The average Bonchev–Trinajstić information content (AvgIpc) is 2.57. The number of carbonyl (C=O) groups excluding carboxylic acids is 1. The van der Waals surface area contributed by atoms with E-state index in [-0.39, 0.29) is 11.3 Å². The van der Waals surface area contributed by atoms with E-state index >= 15 is 0 Å². The van der Waals surface area contributed by atoms with Crippen LogP contribution in [0, 0.1) is 19.3 Å². The molecule has 0 aromatic carbocycles. The van der Waals surface area contributed by atoms with E-state index in [2.05, 4.69) is 13.8 Å². The molecule has 0 saturated carbocycles. The molecule has 1 heterocycles. The maximum Gasteiger partial charge on any atom is 0.263 e. The van der Waals surface area contributed by atoms with Gasteiger partial charge in [-0.25, -0.2) is 0 Å². The van der Waals surface area contributed by atoms with E-state index in [1.165, 1.54) is 10.4 Å². The first-order valence-corrected chi connectivity index (χ1v) is 6.61. The third-order valence-corrected chi connectivity index (χ3v) is 4.08. The summed E-state index contributed by atoms with van der Waals surface area (Å²) in [5, 5.41) is 0. The molecule has 3 nitrogen and oxygen atoms in total. The van der Waals surface area contributed by atoms with Crippen LogP contribution in [-0.4, -0.2) is 30.9 Å². The molecule has 0 atom stereocenters. The molecule has 0 fully saturated rings. The fourth-order valence-electron chi connectivity index (χ4n) is 1.65. The van der Waals surface area contributed by atoms with Gasteiger partial charge in [0.05, 0.1) is 4.88 Å². The number of carbonyl (C=O) groups is 1. The number of thiophene rings is 1. The van der Waals surface area contributed by atoms with Gasteiger partial charge >= 0.3 is 0 Å². The lowest BCUT2D eigenvalue weighted by Crippen LogP contribution is -2.39. The molecule has 1 rings (SSSR count). The number of rotatable bonds is 4. The Balaban J connectivity index is 2.77. The van der Waals surface area contributed by atoms with Gasteiger partial charge in [0.25, 0.3) is 5.91 Å². The van der Waals surface area contributed by atoms with Crippen molar-refractivity contribution in [3.63, 3.8) is 0 Å². The van der Waals surface area contributed by atoms with Crippen molar-refractivity contribution in [1.82, 2.24) is 4.90 Å². The highest BCUT2D eigenvalue weighted by Crippen LogP contribution is 2.23. The predicted molar refractivity (Wildman–Crippen MR) is 73.6 cm³/mol. The van der Waals surface area contributed by atoms with E-state index in [4.69, 9.17) is 5.73 Å². The van der Waals surface area contributed by atoms with Crippen molar-refractivity contribution in [2.24, 2.45) is 11.1 Å². The minimum Gasteiger partial charge on any atom is -0.340 e. The first-order valence-electron chi connectivity index (χ1n) is 5.79. The molecule has 0 aliphatic carbocycles. The molecule has 0 aliphatic rings. The van der Waals surface area contributed by atoms with Crippen molar-refractivity contribution in [2.75, 3.05) is 20.1 Å². The van der Waals surface area contributed by atoms with E-state index in [1.807, 2.05) is 27.0 Å². The summed E-state index contributed by atoms with van der Waals surface area (Å²) >= 11 is 1.56. The van der Waals surface area contributed by atoms with Crippen LogP contribution in [0.15, 0.2) is 6.07 Å². The summed E-state index contributed by atoms with van der Waals surface area (Å²) in [7, 11) is 1.84. The molecule has 4 heteroatoms. The minimum absolute atomic E-state index is 0.0360. The van der Waals surface area contributed by atoms with Crippen LogP contribution in [0.3, 0.4) is 0 Å². The molecule has 0 saturated heterocycles. The fraction of sp³-hybridized carbons (Fsp3) is 0.615. The predicted octanol–water partition coefficient (Wildman–Crippen LogP) is 2.42. The summed E-state index contributed by atoms with van der Waals surface area (Å²) in [6.45, 7) is 9.47. The summed E-state index contributed by atoms with van der Waals surface area (Å²) < 4.78 is 0. The first kappa shape index (κ1) is 14.2. The highest BCUT2D eigenvalue weighted by Gasteiger charge is 2.22. The third-order valence-electron chi connectivity index (χ3n) is 2.94. The van der Waals surface area contributed by atoms with Crippen LogP contribution < -0.4 is 5.73 Å². The average molecular weight is 254 g/mol. The van der Waals surface area contributed by atoms with E-state index in [0.717, 1.165) is 4.88 Å². The largest absolute Gasteiger partial charge is 0.340 e. The maximum atomic E-state index is 12.2. The van der Waals surface area contributed by atoms with Crippen molar-refractivity contribution in [1.29, 1.82) is 0 Å². The van der Waals surface area contributed by atoms with Crippen molar-refractivity contribution in [2.45, 2.75) is 27.7 Å². The van der Waals surface area contributed by atoms with Crippen LogP contribution in [0.5, 0.6) is 0 Å². The monoisotopic (exact) mass is 254 g/mol. The lowest BCUT2D eigenvalue weighted by molar-refractivity contribution is 0.0745. The van der Waals surface area contributed by atoms with Gasteiger partial charge in [0.1, 0.15) is 0 Å². The van der Waals surface area contributed by atoms with Gasteiger partial charge in [0, 0.05) is 18.5 Å². The normalized spacial score (nSPS) is 11.6. The number of nitrogens with zero attached hydrogens (tertiary/aromatic N) is 1. The maximum absolute atomic E-state index is 12.2. The lowest BCUT2D eigenvalue weighted by atomic mass is 9.93. The third kappa shape index (κ3) is 3.54. The van der Waals surface area contributed by atoms with Crippen LogP contribution in [0.25, 0.3) is 0 Å². The minimum atomic E-state index is -0.0360. The Morgan fingerprint density at radius 3 is 2.47 bits per heavy atom. The standard InChI is InChI=1S/C13H22N2OS/c1-9-6-11(17-10(9)2)12(16)15(5)8-13(3,4)7-14/h6H,7-8,14H2,1-5H3. The van der Waals surface area contributed by atoms with Gasteiger partial charge in [-0.2, -0.15) is 0 Å². The molecule has 0 unspecified atom stereocenters. The summed E-state index contributed by atoms with van der Waals surface area (Å²) in [6.07, 6.45) is 0. The van der Waals surface area contributed by atoms with E-state index in [9.17, 15) is 4.79 Å². The number of amides is 1. The zero-order valence-electron chi connectivity index (χ0n) is 11.3. The van der Waals surface area contributed by atoms with Crippen molar-refractivity contribution < 1.29 is 4.79 Å². The van der Waals surface area contributed by atoms with Gasteiger partial charge in [-0.05, 0) is 37.4 Å². The van der Waals surface area contributed by atoms with Gasteiger partial charge in [-0.1, -0.05) is 13.8 Å². The van der Waals surface area contributed by atoms with E-state index in [1.54, 1.807) is 16.2 Å². The topological polar surface area (TPSA) is 46.3 Å². The van der Waals surface area contributed by atoms with Crippen LogP contribution >= 0.6 is 11.3 Å². The SMILES string of the molecule is Cc1cc(C(=O)N(C)CC(C)(C)CN)sc1C. The Bertz CT molecular complexity index is 390. The number of nitrogens with two attached hydrogens (primary N) is 1. The molecule has 0 spiro atoms. The molecular formula is C13H22N2OS. The zero-order valence-corrected chi connectivity index (χ0v) is 12.1. The van der Waals surface area contributed by atoms with Gasteiger partial charge in [0.2, 0.25) is 0 Å². The molecule has 0 bridgehead atoms. The summed E-state index contributed by atoms with van der Waals surface area (Å²) in [5.41, 5.74) is 6.84. The van der Waals surface area contributed by atoms with Crippen LogP contribution in [-0.2, 0) is 0 Å². The quantitative estimate of drug-likeness (QED) is 0.897. The summed E-state index contributed by atoms with van der Waals surface area (Å²) in [4.78, 5) is 16.0. The number of aryl methyl sites for hydroxylation is 2. The highest BCUT2D eigenvalue weighted by atomic mass is 32.1. The van der Waals surface area contributed by atoms with Gasteiger partial charge in [0.15, 0.2) is 0 Å². The van der Waals surface area contributed by atoms with Gasteiger partial charge in [-0.3, -0.25) is 4.79 Å². The molecule has 0 aliphatic heterocycles.